The standard InChI is InChI=1S/C20H23N5O2/c1-16-3-2-4-17(11-16)14-22-7-9-23(10-8-22)15-24-20-12-19(25(26)27)6-5-18(20)13-21-24/h2-6,11-13H,7-10,14-15H2,1H3. The molecule has 7 nitrogen and oxygen atoms in total. The maximum Gasteiger partial charge on any atom is 0.271 e. The van der Waals surface area contributed by atoms with E-state index in [1.54, 1.807) is 18.3 Å². The highest BCUT2D eigenvalue weighted by Crippen LogP contribution is 2.21. The summed E-state index contributed by atoms with van der Waals surface area (Å²) in [5.41, 5.74) is 3.57. The van der Waals surface area contributed by atoms with Crippen molar-refractivity contribution in [3.63, 3.8) is 0 Å². The molecule has 0 atom stereocenters. The summed E-state index contributed by atoms with van der Waals surface area (Å²) in [6.07, 6.45) is 1.77. The lowest BCUT2D eigenvalue weighted by atomic mass is 10.1. The van der Waals surface area contributed by atoms with E-state index in [-0.39, 0.29) is 10.6 Å². The lowest BCUT2D eigenvalue weighted by Crippen LogP contribution is -2.46. The average Bonchev–Trinajstić information content (AvgIpc) is 3.05. The number of nitro groups is 1. The molecule has 1 aliphatic rings. The highest BCUT2D eigenvalue weighted by atomic mass is 16.6. The number of aryl methyl sites for hydroxylation is 1. The Labute approximate surface area is 157 Å². The molecule has 0 radical (unpaired) electrons. The third-order valence-corrected chi connectivity index (χ3v) is 5.13. The van der Waals surface area contributed by atoms with Crippen molar-refractivity contribution >= 4 is 16.6 Å². The third kappa shape index (κ3) is 3.99. The average molecular weight is 365 g/mol. The number of fused-ring (bicyclic) bond motifs is 1. The molecule has 2 heterocycles. The summed E-state index contributed by atoms with van der Waals surface area (Å²) in [6, 6.07) is 13.6. The summed E-state index contributed by atoms with van der Waals surface area (Å²) in [7, 11) is 0. The first-order valence-corrected chi connectivity index (χ1v) is 9.19. The van der Waals surface area contributed by atoms with Crippen LogP contribution < -0.4 is 0 Å². The monoisotopic (exact) mass is 365 g/mol. The molecule has 1 aromatic heterocycles. The normalized spacial score (nSPS) is 16.0. The van der Waals surface area contributed by atoms with Crippen molar-refractivity contribution in [1.29, 1.82) is 0 Å². The lowest BCUT2D eigenvalue weighted by molar-refractivity contribution is -0.384. The molecule has 0 spiro atoms. The number of hydrogen-bond donors (Lipinski definition) is 0. The predicted molar refractivity (Wildman–Crippen MR) is 104 cm³/mol. The van der Waals surface area contributed by atoms with E-state index >= 15 is 0 Å². The topological polar surface area (TPSA) is 67.4 Å². The van der Waals surface area contributed by atoms with Gasteiger partial charge < -0.3 is 0 Å². The van der Waals surface area contributed by atoms with Crippen molar-refractivity contribution < 1.29 is 4.92 Å². The van der Waals surface area contributed by atoms with Gasteiger partial charge in [-0.1, -0.05) is 29.8 Å². The van der Waals surface area contributed by atoms with Crippen molar-refractivity contribution in [1.82, 2.24) is 19.6 Å². The highest BCUT2D eigenvalue weighted by molar-refractivity contribution is 5.80. The summed E-state index contributed by atoms with van der Waals surface area (Å²) in [5.74, 6) is 0. The number of benzene rings is 2. The first kappa shape index (κ1) is 17.6. The van der Waals surface area contributed by atoms with Gasteiger partial charge in [0.2, 0.25) is 0 Å². The van der Waals surface area contributed by atoms with Crippen LogP contribution in [0.5, 0.6) is 0 Å². The summed E-state index contributed by atoms with van der Waals surface area (Å²) in [4.78, 5) is 15.5. The van der Waals surface area contributed by atoms with Crippen LogP contribution >= 0.6 is 0 Å². The lowest BCUT2D eigenvalue weighted by Gasteiger charge is -2.34. The number of aromatic nitrogens is 2. The van der Waals surface area contributed by atoms with Crippen molar-refractivity contribution in [2.45, 2.75) is 20.1 Å². The van der Waals surface area contributed by atoms with Crippen LogP contribution in [0.1, 0.15) is 11.1 Å². The molecule has 1 aliphatic heterocycles. The van der Waals surface area contributed by atoms with E-state index in [1.807, 2.05) is 4.68 Å². The van der Waals surface area contributed by atoms with Gasteiger partial charge in [-0.15, -0.1) is 0 Å². The van der Waals surface area contributed by atoms with Gasteiger partial charge in [-0.2, -0.15) is 5.10 Å². The van der Waals surface area contributed by atoms with Crippen LogP contribution in [0.2, 0.25) is 0 Å². The molecule has 2 aromatic carbocycles. The van der Waals surface area contributed by atoms with E-state index in [2.05, 4.69) is 46.1 Å². The second-order valence-electron chi connectivity index (χ2n) is 7.17. The molecule has 0 saturated carbocycles. The van der Waals surface area contributed by atoms with E-state index < -0.39 is 0 Å². The Bertz CT molecular complexity index is 960. The Hall–Kier alpha value is -2.77. The van der Waals surface area contributed by atoms with Crippen molar-refractivity contribution in [3.05, 3.63) is 69.9 Å². The molecule has 1 saturated heterocycles. The van der Waals surface area contributed by atoms with Gasteiger partial charge in [-0.05, 0) is 18.6 Å². The molecule has 7 heteroatoms. The summed E-state index contributed by atoms with van der Waals surface area (Å²) < 4.78 is 1.86. The van der Waals surface area contributed by atoms with Crippen LogP contribution in [0.4, 0.5) is 5.69 Å². The van der Waals surface area contributed by atoms with Gasteiger partial charge in [0.25, 0.3) is 5.69 Å². The van der Waals surface area contributed by atoms with Crippen LogP contribution in [0.15, 0.2) is 48.7 Å². The molecular weight excluding hydrogens is 342 g/mol. The zero-order valence-corrected chi connectivity index (χ0v) is 15.4. The van der Waals surface area contributed by atoms with Crippen LogP contribution in [0, 0.1) is 17.0 Å². The van der Waals surface area contributed by atoms with Gasteiger partial charge >= 0.3 is 0 Å². The van der Waals surface area contributed by atoms with Gasteiger partial charge in [-0.25, -0.2) is 0 Å². The Morgan fingerprint density at radius 3 is 2.59 bits per heavy atom. The maximum atomic E-state index is 11.0. The van der Waals surface area contributed by atoms with Crippen LogP contribution in [-0.2, 0) is 13.2 Å². The van der Waals surface area contributed by atoms with Gasteiger partial charge in [0.05, 0.1) is 23.3 Å². The molecule has 0 unspecified atom stereocenters. The minimum Gasteiger partial charge on any atom is -0.297 e. The number of nitro benzene ring substituents is 1. The number of piperazine rings is 1. The van der Waals surface area contributed by atoms with Crippen LogP contribution in [0.25, 0.3) is 10.9 Å². The molecule has 27 heavy (non-hydrogen) atoms. The Kier molecular flexibility index (Phi) is 4.87. The number of hydrogen-bond acceptors (Lipinski definition) is 5. The van der Waals surface area contributed by atoms with Crippen LogP contribution in [0.3, 0.4) is 0 Å². The minimum absolute atomic E-state index is 0.104. The Balaban J connectivity index is 1.38. The molecule has 0 aliphatic carbocycles. The minimum atomic E-state index is -0.360. The fourth-order valence-electron chi connectivity index (χ4n) is 3.63. The van der Waals surface area contributed by atoms with E-state index in [0.29, 0.717) is 6.67 Å². The molecule has 140 valence electrons. The summed E-state index contributed by atoms with van der Waals surface area (Å²) >= 11 is 0. The molecular formula is C20H23N5O2. The van der Waals surface area contributed by atoms with E-state index in [1.165, 1.54) is 17.2 Å². The molecule has 0 amide bonds. The number of non-ortho nitro benzene ring substituents is 1. The number of rotatable bonds is 5. The summed E-state index contributed by atoms with van der Waals surface area (Å²) in [5, 5.41) is 16.4. The Morgan fingerprint density at radius 1 is 1.07 bits per heavy atom. The second-order valence-corrected chi connectivity index (χ2v) is 7.17. The molecule has 0 bridgehead atoms. The predicted octanol–water partition coefficient (Wildman–Crippen LogP) is 3.03. The first-order chi connectivity index (χ1) is 13.1. The largest absolute Gasteiger partial charge is 0.297 e. The van der Waals surface area contributed by atoms with Gasteiger partial charge in [-0.3, -0.25) is 24.6 Å². The molecule has 1 fully saturated rings. The zero-order chi connectivity index (χ0) is 18.8. The van der Waals surface area contributed by atoms with Gasteiger partial charge in [0, 0.05) is 50.2 Å². The van der Waals surface area contributed by atoms with Crippen molar-refractivity contribution in [2.24, 2.45) is 0 Å². The van der Waals surface area contributed by atoms with E-state index in [0.717, 1.165) is 43.6 Å². The second kappa shape index (κ2) is 7.46. The fraction of sp³-hybridized carbons (Fsp3) is 0.350. The maximum absolute atomic E-state index is 11.0. The fourth-order valence-corrected chi connectivity index (χ4v) is 3.63. The molecule has 3 aromatic rings. The Morgan fingerprint density at radius 2 is 1.85 bits per heavy atom. The third-order valence-electron chi connectivity index (χ3n) is 5.13. The first-order valence-electron chi connectivity index (χ1n) is 9.19. The van der Waals surface area contributed by atoms with Crippen molar-refractivity contribution in [3.8, 4) is 0 Å². The smallest absolute Gasteiger partial charge is 0.271 e. The van der Waals surface area contributed by atoms with E-state index in [9.17, 15) is 10.1 Å². The SMILES string of the molecule is Cc1cccc(CN2CCN(Cn3ncc4ccc([N+](=O)[O-])cc43)CC2)c1. The molecule has 4 rings (SSSR count). The van der Waals surface area contributed by atoms with E-state index in [4.69, 9.17) is 0 Å². The van der Waals surface area contributed by atoms with Crippen molar-refractivity contribution in [2.75, 3.05) is 26.2 Å². The van der Waals surface area contributed by atoms with Crippen LogP contribution in [-0.4, -0.2) is 50.7 Å². The number of nitrogens with zero attached hydrogens (tertiary/aromatic N) is 5. The van der Waals surface area contributed by atoms with Gasteiger partial charge in [0.15, 0.2) is 0 Å². The zero-order valence-electron chi connectivity index (χ0n) is 15.4. The molecule has 0 N–H and O–H groups in total. The highest BCUT2D eigenvalue weighted by Gasteiger charge is 2.18. The summed E-state index contributed by atoms with van der Waals surface area (Å²) in [6.45, 7) is 7.69. The quantitative estimate of drug-likeness (QED) is 0.514. The van der Waals surface area contributed by atoms with Gasteiger partial charge in [0.1, 0.15) is 0 Å².